The fourth-order valence-electron chi connectivity index (χ4n) is 2.52. The van der Waals surface area contributed by atoms with E-state index in [2.05, 4.69) is 4.98 Å². The first-order valence-corrected chi connectivity index (χ1v) is 7.17. The van der Waals surface area contributed by atoms with E-state index in [9.17, 15) is 9.59 Å². The Labute approximate surface area is 123 Å². The molecule has 1 aromatic heterocycles. The highest BCUT2D eigenvalue weighted by Crippen LogP contribution is 2.21. The van der Waals surface area contributed by atoms with E-state index in [1.54, 1.807) is 29.4 Å². The molecule has 114 valence electrons. The molecule has 0 radical (unpaired) electrons. The summed E-state index contributed by atoms with van der Waals surface area (Å²) >= 11 is 0. The van der Waals surface area contributed by atoms with Crippen molar-refractivity contribution >= 4 is 11.9 Å². The number of hydrogen-bond donors (Lipinski definition) is 1. The van der Waals surface area contributed by atoms with Gasteiger partial charge in [0.05, 0.1) is 6.20 Å². The van der Waals surface area contributed by atoms with Crippen LogP contribution in [0.25, 0.3) is 0 Å². The van der Waals surface area contributed by atoms with Crippen LogP contribution in [0.15, 0.2) is 24.5 Å². The molecule has 2 heterocycles. The topological polar surface area (TPSA) is 79.7 Å². The van der Waals surface area contributed by atoms with Crippen molar-refractivity contribution in [1.29, 1.82) is 0 Å². The normalized spacial score (nSPS) is 18.3. The Morgan fingerprint density at radius 1 is 1.48 bits per heavy atom. The third kappa shape index (κ3) is 5.06. The number of hydrogen-bond acceptors (Lipinski definition) is 4. The maximum Gasteiger partial charge on any atom is 0.303 e. The number of amides is 1. The molecule has 6 heteroatoms. The van der Waals surface area contributed by atoms with Gasteiger partial charge in [-0.15, -0.1) is 0 Å². The number of aromatic nitrogens is 1. The largest absolute Gasteiger partial charge is 0.482 e. The summed E-state index contributed by atoms with van der Waals surface area (Å²) in [6, 6.07) is 3.51. The summed E-state index contributed by atoms with van der Waals surface area (Å²) in [5.41, 5.74) is 0. The second-order valence-corrected chi connectivity index (χ2v) is 5.26. The number of piperidine rings is 1. The van der Waals surface area contributed by atoms with E-state index in [4.69, 9.17) is 9.84 Å². The monoisotopic (exact) mass is 292 g/mol. The van der Waals surface area contributed by atoms with Gasteiger partial charge in [-0.05, 0) is 37.3 Å². The number of nitrogens with zero attached hydrogens (tertiary/aromatic N) is 2. The van der Waals surface area contributed by atoms with E-state index in [0.29, 0.717) is 18.7 Å². The first-order valence-electron chi connectivity index (χ1n) is 7.17. The Bertz CT molecular complexity index is 478. The highest BCUT2D eigenvalue weighted by Gasteiger charge is 2.24. The predicted molar refractivity (Wildman–Crippen MR) is 75.9 cm³/mol. The number of carboxylic acid groups (broad SMARTS) is 1. The Kier molecular flexibility index (Phi) is 5.54. The van der Waals surface area contributed by atoms with Gasteiger partial charge in [0.15, 0.2) is 6.61 Å². The zero-order valence-electron chi connectivity index (χ0n) is 11.9. The zero-order chi connectivity index (χ0) is 15.1. The fourth-order valence-corrected chi connectivity index (χ4v) is 2.52. The van der Waals surface area contributed by atoms with E-state index in [-0.39, 0.29) is 24.9 Å². The van der Waals surface area contributed by atoms with Crippen LogP contribution in [0.4, 0.5) is 0 Å². The SMILES string of the molecule is O=C(O)CCC1CCCN(C(=O)COc2cccnc2)C1. The van der Waals surface area contributed by atoms with Gasteiger partial charge in [0, 0.05) is 25.7 Å². The lowest BCUT2D eigenvalue weighted by Gasteiger charge is -2.32. The van der Waals surface area contributed by atoms with E-state index in [0.717, 1.165) is 19.4 Å². The van der Waals surface area contributed by atoms with Crippen LogP contribution in [0.2, 0.25) is 0 Å². The van der Waals surface area contributed by atoms with Crippen LogP contribution < -0.4 is 4.74 Å². The molecule has 1 N–H and O–H groups in total. The molecule has 0 aliphatic carbocycles. The van der Waals surface area contributed by atoms with E-state index in [1.165, 1.54) is 0 Å². The molecular weight excluding hydrogens is 272 g/mol. The minimum atomic E-state index is -0.779. The van der Waals surface area contributed by atoms with Crippen molar-refractivity contribution in [1.82, 2.24) is 9.88 Å². The summed E-state index contributed by atoms with van der Waals surface area (Å²) in [4.78, 5) is 28.4. The zero-order valence-corrected chi connectivity index (χ0v) is 11.9. The van der Waals surface area contributed by atoms with Gasteiger partial charge < -0.3 is 14.7 Å². The van der Waals surface area contributed by atoms with Crippen molar-refractivity contribution in [2.24, 2.45) is 5.92 Å². The molecule has 1 unspecified atom stereocenters. The molecule has 1 amide bonds. The smallest absolute Gasteiger partial charge is 0.303 e. The van der Waals surface area contributed by atoms with Crippen molar-refractivity contribution in [2.45, 2.75) is 25.7 Å². The Hall–Kier alpha value is -2.11. The van der Waals surface area contributed by atoms with Crippen LogP contribution >= 0.6 is 0 Å². The lowest BCUT2D eigenvalue weighted by Crippen LogP contribution is -2.42. The molecule has 2 rings (SSSR count). The predicted octanol–water partition coefficient (Wildman–Crippen LogP) is 1.56. The molecule has 1 fully saturated rings. The molecule has 1 saturated heterocycles. The number of likely N-dealkylation sites (tertiary alicyclic amines) is 1. The molecule has 0 aromatic carbocycles. The second-order valence-electron chi connectivity index (χ2n) is 5.26. The summed E-state index contributed by atoms with van der Waals surface area (Å²) in [6.45, 7) is 1.35. The lowest BCUT2D eigenvalue weighted by atomic mass is 9.93. The molecule has 1 aromatic rings. The van der Waals surface area contributed by atoms with Crippen LogP contribution in [0.1, 0.15) is 25.7 Å². The number of carbonyl (C=O) groups excluding carboxylic acids is 1. The highest BCUT2D eigenvalue weighted by molar-refractivity contribution is 5.77. The second kappa shape index (κ2) is 7.61. The molecule has 1 aliphatic heterocycles. The van der Waals surface area contributed by atoms with Gasteiger partial charge in [-0.1, -0.05) is 0 Å². The number of rotatable bonds is 6. The summed E-state index contributed by atoms with van der Waals surface area (Å²) in [7, 11) is 0. The van der Waals surface area contributed by atoms with Gasteiger partial charge in [0.25, 0.3) is 5.91 Å². The summed E-state index contributed by atoms with van der Waals surface area (Å²) in [5, 5.41) is 8.72. The number of ether oxygens (including phenoxy) is 1. The quantitative estimate of drug-likeness (QED) is 0.860. The number of carbonyl (C=O) groups is 2. The van der Waals surface area contributed by atoms with Gasteiger partial charge in [-0.2, -0.15) is 0 Å². The summed E-state index contributed by atoms with van der Waals surface area (Å²) in [5.74, 6) is 0.0136. The van der Waals surface area contributed by atoms with Crippen molar-refractivity contribution < 1.29 is 19.4 Å². The molecular formula is C15H20N2O4. The van der Waals surface area contributed by atoms with E-state index >= 15 is 0 Å². The first-order chi connectivity index (χ1) is 10.1. The fraction of sp³-hybridized carbons (Fsp3) is 0.533. The van der Waals surface area contributed by atoms with Crippen LogP contribution in [-0.2, 0) is 9.59 Å². The minimum Gasteiger partial charge on any atom is -0.482 e. The average Bonchev–Trinajstić information content (AvgIpc) is 2.52. The molecule has 0 spiro atoms. The molecule has 6 nitrogen and oxygen atoms in total. The van der Waals surface area contributed by atoms with Gasteiger partial charge in [0.1, 0.15) is 5.75 Å². The van der Waals surface area contributed by atoms with Crippen molar-refractivity contribution in [3.63, 3.8) is 0 Å². The Morgan fingerprint density at radius 2 is 2.33 bits per heavy atom. The van der Waals surface area contributed by atoms with Gasteiger partial charge in [-0.25, -0.2) is 0 Å². The van der Waals surface area contributed by atoms with Crippen LogP contribution in [0.3, 0.4) is 0 Å². The maximum absolute atomic E-state index is 12.1. The number of aliphatic carboxylic acids is 1. The maximum atomic E-state index is 12.1. The number of carboxylic acids is 1. The molecule has 1 atom stereocenters. The van der Waals surface area contributed by atoms with Crippen molar-refractivity contribution in [3.8, 4) is 5.75 Å². The van der Waals surface area contributed by atoms with Crippen molar-refractivity contribution in [3.05, 3.63) is 24.5 Å². The highest BCUT2D eigenvalue weighted by atomic mass is 16.5. The van der Waals surface area contributed by atoms with Gasteiger partial charge >= 0.3 is 5.97 Å². The van der Waals surface area contributed by atoms with Gasteiger partial charge in [-0.3, -0.25) is 14.6 Å². The molecule has 1 aliphatic rings. The molecule has 21 heavy (non-hydrogen) atoms. The average molecular weight is 292 g/mol. The lowest BCUT2D eigenvalue weighted by molar-refractivity contribution is -0.137. The third-order valence-electron chi connectivity index (χ3n) is 3.63. The van der Waals surface area contributed by atoms with Gasteiger partial charge in [0.2, 0.25) is 0 Å². The Morgan fingerprint density at radius 3 is 3.05 bits per heavy atom. The van der Waals surface area contributed by atoms with E-state index < -0.39 is 5.97 Å². The molecule has 0 saturated carbocycles. The Balaban J connectivity index is 1.77. The van der Waals surface area contributed by atoms with Crippen molar-refractivity contribution in [2.75, 3.05) is 19.7 Å². The van der Waals surface area contributed by atoms with Crippen LogP contribution in [0.5, 0.6) is 5.75 Å². The summed E-state index contributed by atoms with van der Waals surface area (Å²) in [6.07, 6.45) is 5.91. The standard InChI is InChI=1S/C15H20N2O4/c18-14(11-21-13-4-1-7-16-9-13)17-8-2-3-12(10-17)5-6-15(19)20/h1,4,7,9,12H,2-3,5-6,8,10-11H2,(H,19,20). The minimum absolute atomic E-state index is 0.00264. The first kappa shape index (κ1) is 15.3. The van der Waals surface area contributed by atoms with E-state index in [1.807, 2.05) is 0 Å². The van der Waals surface area contributed by atoms with Crippen LogP contribution in [0, 0.1) is 5.92 Å². The summed E-state index contributed by atoms with van der Waals surface area (Å²) < 4.78 is 5.41. The third-order valence-corrected chi connectivity index (χ3v) is 3.63. The molecule has 0 bridgehead atoms. The number of pyridine rings is 1. The van der Waals surface area contributed by atoms with Crippen LogP contribution in [-0.4, -0.2) is 46.6 Å².